The number of aryl methyl sites for hydroxylation is 3. The summed E-state index contributed by atoms with van der Waals surface area (Å²) in [5.41, 5.74) is 2.69. The van der Waals surface area contributed by atoms with Gasteiger partial charge in [-0.2, -0.15) is 0 Å². The van der Waals surface area contributed by atoms with Crippen LogP contribution < -0.4 is 5.32 Å². The van der Waals surface area contributed by atoms with Gasteiger partial charge in [-0.1, -0.05) is 17.7 Å². The van der Waals surface area contributed by atoms with E-state index in [1.807, 2.05) is 19.1 Å². The van der Waals surface area contributed by atoms with Crippen molar-refractivity contribution in [1.29, 1.82) is 0 Å². The molecule has 0 aromatic heterocycles. The maximum Gasteiger partial charge on any atom is 0.277 e. The standard InChI is InChI=1S/C14H19F2N/c1-9-6-10(2)13(11(3)7-9)14(15,16)12-4-5-17-8-12/h6-7,12,17H,4-5,8H2,1-3H3. The lowest BCUT2D eigenvalue weighted by Gasteiger charge is -2.26. The second-order valence-corrected chi connectivity index (χ2v) is 5.09. The first-order valence-corrected chi connectivity index (χ1v) is 6.09. The lowest BCUT2D eigenvalue weighted by molar-refractivity contribution is -0.0586. The highest BCUT2D eigenvalue weighted by molar-refractivity contribution is 5.40. The quantitative estimate of drug-likeness (QED) is 0.835. The number of rotatable bonds is 2. The number of benzene rings is 1. The highest BCUT2D eigenvalue weighted by Crippen LogP contribution is 2.42. The van der Waals surface area contributed by atoms with Crippen molar-refractivity contribution in [2.75, 3.05) is 13.1 Å². The van der Waals surface area contributed by atoms with Gasteiger partial charge >= 0.3 is 0 Å². The Balaban J connectivity index is 2.44. The minimum atomic E-state index is -2.72. The summed E-state index contributed by atoms with van der Waals surface area (Å²) >= 11 is 0. The first kappa shape index (κ1) is 12.5. The van der Waals surface area contributed by atoms with E-state index in [2.05, 4.69) is 5.32 Å². The van der Waals surface area contributed by atoms with Gasteiger partial charge in [0.25, 0.3) is 5.92 Å². The molecule has 1 unspecified atom stereocenters. The lowest BCUT2D eigenvalue weighted by Crippen LogP contribution is -2.29. The largest absolute Gasteiger partial charge is 0.316 e. The second kappa shape index (κ2) is 4.37. The Labute approximate surface area is 101 Å². The van der Waals surface area contributed by atoms with Gasteiger partial charge in [-0.15, -0.1) is 0 Å². The lowest BCUT2D eigenvalue weighted by atomic mass is 9.87. The minimum Gasteiger partial charge on any atom is -0.316 e. The van der Waals surface area contributed by atoms with E-state index in [1.54, 1.807) is 13.8 Å². The van der Waals surface area contributed by atoms with Crippen molar-refractivity contribution >= 4 is 0 Å². The van der Waals surface area contributed by atoms with Gasteiger partial charge in [-0.05, 0) is 44.9 Å². The van der Waals surface area contributed by atoms with Gasteiger partial charge < -0.3 is 5.32 Å². The molecule has 1 saturated heterocycles. The molecule has 1 aliphatic rings. The third-order valence-corrected chi connectivity index (χ3v) is 3.58. The molecule has 0 bridgehead atoms. The molecule has 1 aliphatic heterocycles. The van der Waals surface area contributed by atoms with Crippen LogP contribution in [0.1, 0.15) is 28.7 Å². The molecule has 1 nitrogen and oxygen atoms in total. The van der Waals surface area contributed by atoms with Crippen molar-refractivity contribution < 1.29 is 8.78 Å². The molecule has 2 rings (SSSR count). The zero-order chi connectivity index (χ0) is 12.6. The summed E-state index contributed by atoms with van der Waals surface area (Å²) < 4.78 is 28.9. The van der Waals surface area contributed by atoms with Crippen LogP contribution in [0.15, 0.2) is 12.1 Å². The first-order chi connectivity index (χ1) is 7.93. The molecule has 0 radical (unpaired) electrons. The van der Waals surface area contributed by atoms with E-state index in [4.69, 9.17) is 0 Å². The van der Waals surface area contributed by atoms with E-state index in [9.17, 15) is 8.78 Å². The minimum absolute atomic E-state index is 0.233. The maximum absolute atomic E-state index is 14.5. The van der Waals surface area contributed by atoms with E-state index in [-0.39, 0.29) is 5.56 Å². The Kier molecular flexibility index (Phi) is 3.21. The van der Waals surface area contributed by atoms with Crippen LogP contribution in [-0.2, 0) is 5.92 Å². The van der Waals surface area contributed by atoms with Crippen LogP contribution in [-0.4, -0.2) is 13.1 Å². The molecule has 94 valence electrons. The monoisotopic (exact) mass is 239 g/mol. The summed E-state index contributed by atoms with van der Waals surface area (Å²) in [5, 5.41) is 3.02. The van der Waals surface area contributed by atoms with Crippen LogP contribution in [0.4, 0.5) is 8.78 Å². The van der Waals surface area contributed by atoms with Gasteiger partial charge in [-0.3, -0.25) is 0 Å². The predicted octanol–water partition coefficient (Wildman–Crippen LogP) is 3.31. The highest BCUT2D eigenvalue weighted by Gasteiger charge is 2.44. The molecule has 3 heteroatoms. The van der Waals surface area contributed by atoms with Crippen LogP contribution in [0, 0.1) is 26.7 Å². The Morgan fingerprint density at radius 2 is 1.76 bits per heavy atom. The smallest absolute Gasteiger partial charge is 0.277 e. The zero-order valence-electron chi connectivity index (χ0n) is 10.6. The Hall–Kier alpha value is -0.960. The molecule has 0 saturated carbocycles. The molecule has 1 N–H and O–H groups in total. The maximum atomic E-state index is 14.5. The number of nitrogens with one attached hydrogen (secondary N) is 1. The van der Waals surface area contributed by atoms with Crippen LogP contribution in [0.5, 0.6) is 0 Å². The fourth-order valence-corrected chi connectivity index (χ4v) is 2.87. The number of halogens is 2. The van der Waals surface area contributed by atoms with Crippen LogP contribution in [0.2, 0.25) is 0 Å². The normalized spacial score (nSPS) is 20.9. The van der Waals surface area contributed by atoms with Crippen molar-refractivity contribution in [3.8, 4) is 0 Å². The van der Waals surface area contributed by atoms with E-state index in [0.717, 1.165) is 5.56 Å². The molecule has 1 atom stereocenters. The van der Waals surface area contributed by atoms with E-state index < -0.39 is 11.8 Å². The molecule has 1 fully saturated rings. The first-order valence-electron chi connectivity index (χ1n) is 6.09. The van der Waals surface area contributed by atoms with Crippen LogP contribution in [0.25, 0.3) is 0 Å². The Morgan fingerprint density at radius 1 is 1.18 bits per heavy atom. The fourth-order valence-electron chi connectivity index (χ4n) is 2.87. The highest BCUT2D eigenvalue weighted by atomic mass is 19.3. The van der Waals surface area contributed by atoms with Crippen molar-refractivity contribution in [1.82, 2.24) is 5.32 Å². The molecule has 0 spiro atoms. The molecular weight excluding hydrogens is 220 g/mol. The second-order valence-electron chi connectivity index (χ2n) is 5.09. The third-order valence-electron chi connectivity index (χ3n) is 3.58. The predicted molar refractivity (Wildman–Crippen MR) is 65.5 cm³/mol. The van der Waals surface area contributed by atoms with Crippen molar-refractivity contribution in [2.24, 2.45) is 5.92 Å². The van der Waals surface area contributed by atoms with Crippen LogP contribution >= 0.6 is 0 Å². The molecule has 17 heavy (non-hydrogen) atoms. The van der Waals surface area contributed by atoms with Gasteiger partial charge in [0.15, 0.2) is 0 Å². The zero-order valence-corrected chi connectivity index (χ0v) is 10.6. The molecule has 1 aromatic carbocycles. The molecule has 1 heterocycles. The molecular formula is C14H19F2N. The fraction of sp³-hybridized carbons (Fsp3) is 0.571. The van der Waals surface area contributed by atoms with Crippen molar-refractivity contribution in [3.63, 3.8) is 0 Å². The molecule has 1 aromatic rings. The van der Waals surface area contributed by atoms with Crippen LogP contribution in [0.3, 0.4) is 0 Å². The Morgan fingerprint density at radius 3 is 2.24 bits per heavy atom. The summed E-state index contributed by atoms with van der Waals surface area (Å²) in [6.45, 7) is 6.63. The summed E-state index contributed by atoms with van der Waals surface area (Å²) in [6, 6.07) is 3.69. The average Bonchev–Trinajstić information content (AvgIpc) is 2.67. The van der Waals surface area contributed by atoms with Crippen molar-refractivity contribution in [2.45, 2.75) is 33.1 Å². The van der Waals surface area contributed by atoms with Gasteiger partial charge in [0.05, 0.1) is 0 Å². The van der Waals surface area contributed by atoms with E-state index in [0.29, 0.717) is 30.6 Å². The topological polar surface area (TPSA) is 12.0 Å². The Bertz CT molecular complexity index is 397. The summed E-state index contributed by atoms with van der Waals surface area (Å²) in [5.74, 6) is -3.28. The molecule has 0 amide bonds. The average molecular weight is 239 g/mol. The summed E-state index contributed by atoms with van der Waals surface area (Å²) in [7, 11) is 0. The van der Waals surface area contributed by atoms with E-state index in [1.165, 1.54) is 0 Å². The summed E-state index contributed by atoms with van der Waals surface area (Å²) in [6.07, 6.45) is 0.555. The number of alkyl halides is 2. The van der Waals surface area contributed by atoms with Gasteiger partial charge in [0.1, 0.15) is 0 Å². The molecule has 0 aliphatic carbocycles. The number of hydrogen-bond acceptors (Lipinski definition) is 1. The van der Waals surface area contributed by atoms with Gasteiger partial charge in [-0.25, -0.2) is 8.78 Å². The number of hydrogen-bond donors (Lipinski definition) is 1. The van der Waals surface area contributed by atoms with Gasteiger partial charge in [0, 0.05) is 18.0 Å². The summed E-state index contributed by atoms with van der Waals surface area (Å²) in [4.78, 5) is 0. The van der Waals surface area contributed by atoms with Crippen molar-refractivity contribution in [3.05, 3.63) is 34.4 Å². The third kappa shape index (κ3) is 2.21. The van der Waals surface area contributed by atoms with E-state index >= 15 is 0 Å². The SMILES string of the molecule is Cc1cc(C)c(C(F)(F)C2CCNC2)c(C)c1. The van der Waals surface area contributed by atoms with Gasteiger partial charge in [0.2, 0.25) is 0 Å².